The van der Waals surface area contributed by atoms with Crippen LogP contribution in [-0.4, -0.2) is 15.5 Å². The Balaban J connectivity index is 2.03. The number of nitrogens with zero attached hydrogens (tertiary/aromatic N) is 2. The van der Waals surface area contributed by atoms with Crippen molar-refractivity contribution in [2.24, 2.45) is 7.05 Å². The molecule has 0 aliphatic rings. The maximum absolute atomic E-state index is 11.8. The molecular formula is C12H13N3O3. The van der Waals surface area contributed by atoms with Crippen molar-refractivity contribution in [3.05, 3.63) is 52.1 Å². The van der Waals surface area contributed by atoms with Crippen LogP contribution >= 0.6 is 0 Å². The van der Waals surface area contributed by atoms with Gasteiger partial charge in [0.1, 0.15) is 5.76 Å². The molecule has 0 saturated heterocycles. The largest absolute Gasteiger partial charge is 0.444 e. The molecule has 6 heteroatoms. The molecule has 2 rings (SSSR count). The van der Waals surface area contributed by atoms with Crippen molar-refractivity contribution in [1.82, 2.24) is 14.9 Å². The van der Waals surface area contributed by atoms with Crippen LogP contribution in [0.3, 0.4) is 0 Å². The lowest BCUT2D eigenvalue weighted by Crippen LogP contribution is -2.25. The molecule has 18 heavy (non-hydrogen) atoms. The summed E-state index contributed by atoms with van der Waals surface area (Å²) in [5.41, 5.74) is 0.0935. The smallest absolute Gasteiger partial charge is 0.251 e. The number of aryl methyl sites for hydroxylation is 2. The molecule has 0 spiro atoms. The Kier molecular flexibility index (Phi) is 3.27. The van der Waals surface area contributed by atoms with Crippen LogP contribution < -0.4 is 10.9 Å². The average molecular weight is 247 g/mol. The highest BCUT2D eigenvalue weighted by Crippen LogP contribution is 2.01. The quantitative estimate of drug-likeness (QED) is 0.862. The van der Waals surface area contributed by atoms with Crippen LogP contribution in [0.15, 0.2) is 33.7 Å². The van der Waals surface area contributed by atoms with Gasteiger partial charge in [0.05, 0.1) is 12.7 Å². The third-order valence-electron chi connectivity index (χ3n) is 2.44. The lowest BCUT2D eigenvalue weighted by atomic mass is 10.2. The summed E-state index contributed by atoms with van der Waals surface area (Å²) in [5.74, 6) is 0.793. The van der Waals surface area contributed by atoms with Crippen LogP contribution in [0.4, 0.5) is 0 Å². The minimum Gasteiger partial charge on any atom is -0.444 e. The van der Waals surface area contributed by atoms with E-state index >= 15 is 0 Å². The maximum Gasteiger partial charge on any atom is 0.251 e. The van der Waals surface area contributed by atoms with Crippen LogP contribution in [0, 0.1) is 6.92 Å². The summed E-state index contributed by atoms with van der Waals surface area (Å²) in [5, 5.41) is 2.63. The predicted molar refractivity (Wildman–Crippen MR) is 64.1 cm³/mol. The third kappa shape index (κ3) is 2.65. The SMILES string of the molecule is Cc1cnc(CNC(=O)c2ccn(C)c(=O)c2)o1. The zero-order valence-corrected chi connectivity index (χ0v) is 10.1. The molecule has 0 radical (unpaired) electrons. The molecular weight excluding hydrogens is 234 g/mol. The van der Waals surface area contributed by atoms with Gasteiger partial charge < -0.3 is 14.3 Å². The first-order chi connectivity index (χ1) is 8.56. The Morgan fingerprint density at radius 3 is 2.94 bits per heavy atom. The lowest BCUT2D eigenvalue weighted by Gasteiger charge is -2.03. The van der Waals surface area contributed by atoms with Crippen LogP contribution in [0.5, 0.6) is 0 Å². The zero-order chi connectivity index (χ0) is 13.1. The molecule has 1 N–H and O–H groups in total. The van der Waals surface area contributed by atoms with E-state index in [0.717, 1.165) is 0 Å². The molecule has 0 aliphatic heterocycles. The first kappa shape index (κ1) is 12.1. The van der Waals surface area contributed by atoms with E-state index in [1.54, 1.807) is 32.4 Å². The number of rotatable bonds is 3. The van der Waals surface area contributed by atoms with Gasteiger partial charge in [-0.3, -0.25) is 9.59 Å². The number of oxazole rings is 1. The number of carbonyl (C=O) groups is 1. The van der Waals surface area contributed by atoms with Crippen LogP contribution in [0.1, 0.15) is 22.0 Å². The summed E-state index contributed by atoms with van der Waals surface area (Å²) in [4.78, 5) is 27.1. The number of pyridine rings is 1. The molecule has 2 heterocycles. The molecule has 0 aromatic carbocycles. The van der Waals surface area contributed by atoms with Gasteiger partial charge in [-0.25, -0.2) is 4.98 Å². The van der Waals surface area contributed by atoms with Gasteiger partial charge in [0.15, 0.2) is 0 Å². The summed E-state index contributed by atoms with van der Waals surface area (Å²) < 4.78 is 6.62. The van der Waals surface area contributed by atoms with E-state index in [2.05, 4.69) is 10.3 Å². The van der Waals surface area contributed by atoms with Crippen molar-refractivity contribution >= 4 is 5.91 Å². The fraction of sp³-hybridized carbons (Fsp3) is 0.250. The highest BCUT2D eigenvalue weighted by Gasteiger charge is 2.08. The third-order valence-corrected chi connectivity index (χ3v) is 2.44. The number of aromatic nitrogens is 2. The average Bonchev–Trinajstić information content (AvgIpc) is 2.75. The molecule has 0 fully saturated rings. The molecule has 0 unspecified atom stereocenters. The number of hydrogen-bond acceptors (Lipinski definition) is 4. The molecule has 94 valence electrons. The Morgan fingerprint density at radius 2 is 2.33 bits per heavy atom. The minimum atomic E-state index is -0.330. The standard InChI is InChI=1S/C12H13N3O3/c1-8-6-13-10(18-8)7-14-12(17)9-3-4-15(2)11(16)5-9/h3-6H,7H2,1-2H3,(H,14,17). The van der Waals surface area contributed by atoms with Crippen molar-refractivity contribution in [2.75, 3.05) is 0 Å². The number of carbonyl (C=O) groups excluding carboxylic acids is 1. The molecule has 1 amide bonds. The van der Waals surface area contributed by atoms with E-state index in [4.69, 9.17) is 4.42 Å². The molecule has 0 bridgehead atoms. The topological polar surface area (TPSA) is 77.1 Å². The molecule has 6 nitrogen and oxygen atoms in total. The maximum atomic E-state index is 11.8. The number of amides is 1. The second-order valence-corrected chi connectivity index (χ2v) is 3.91. The van der Waals surface area contributed by atoms with Gasteiger partial charge in [0.2, 0.25) is 5.89 Å². The normalized spacial score (nSPS) is 10.3. The van der Waals surface area contributed by atoms with Crippen LogP contribution in [0.2, 0.25) is 0 Å². The van der Waals surface area contributed by atoms with Crippen molar-refractivity contribution in [3.8, 4) is 0 Å². The molecule has 0 saturated carbocycles. The monoisotopic (exact) mass is 247 g/mol. The van der Waals surface area contributed by atoms with Gasteiger partial charge >= 0.3 is 0 Å². The second kappa shape index (κ2) is 4.87. The Labute approximate surface area is 103 Å². The van der Waals surface area contributed by atoms with Gasteiger partial charge in [-0.1, -0.05) is 0 Å². The lowest BCUT2D eigenvalue weighted by molar-refractivity contribution is 0.0947. The van der Waals surface area contributed by atoms with E-state index < -0.39 is 0 Å². The summed E-state index contributed by atoms with van der Waals surface area (Å²) in [6.07, 6.45) is 3.13. The minimum absolute atomic E-state index is 0.196. The van der Waals surface area contributed by atoms with Crippen molar-refractivity contribution in [3.63, 3.8) is 0 Å². The molecule has 0 atom stereocenters. The van der Waals surface area contributed by atoms with E-state index in [0.29, 0.717) is 17.2 Å². The van der Waals surface area contributed by atoms with Gasteiger partial charge in [-0.2, -0.15) is 0 Å². The fourth-order valence-corrected chi connectivity index (χ4v) is 1.43. The summed E-state index contributed by atoms with van der Waals surface area (Å²) in [6.45, 7) is 1.97. The van der Waals surface area contributed by atoms with E-state index in [9.17, 15) is 9.59 Å². The highest BCUT2D eigenvalue weighted by molar-refractivity contribution is 5.93. The van der Waals surface area contributed by atoms with Crippen LogP contribution in [0.25, 0.3) is 0 Å². The van der Waals surface area contributed by atoms with E-state index in [-0.39, 0.29) is 18.0 Å². The second-order valence-electron chi connectivity index (χ2n) is 3.91. The first-order valence-corrected chi connectivity index (χ1v) is 5.42. The zero-order valence-electron chi connectivity index (χ0n) is 10.1. The predicted octanol–water partition coefficient (Wildman–Crippen LogP) is 0.612. The Morgan fingerprint density at radius 1 is 1.56 bits per heavy atom. The van der Waals surface area contributed by atoms with Crippen LogP contribution in [-0.2, 0) is 13.6 Å². The Hall–Kier alpha value is -2.37. The molecule has 0 aliphatic carbocycles. The van der Waals surface area contributed by atoms with Gasteiger partial charge in [-0.15, -0.1) is 0 Å². The fourth-order valence-electron chi connectivity index (χ4n) is 1.43. The van der Waals surface area contributed by atoms with Crippen molar-refractivity contribution in [2.45, 2.75) is 13.5 Å². The van der Waals surface area contributed by atoms with Gasteiger partial charge in [0, 0.05) is 24.9 Å². The van der Waals surface area contributed by atoms with Gasteiger partial charge in [0.25, 0.3) is 11.5 Å². The summed E-state index contributed by atoms with van der Waals surface area (Å²) >= 11 is 0. The number of hydrogen-bond donors (Lipinski definition) is 1. The van der Waals surface area contributed by atoms with Crippen molar-refractivity contribution in [1.29, 1.82) is 0 Å². The summed E-state index contributed by atoms with van der Waals surface area (Å²) in [7, 11) is 1.62. The molecule has 2 aromatic rings. The van der Waals surface area contributed by atoms with Crippen molar-refractivity contribution < 1.29 is 9.21 Å². The summed E-state index contributed by atoms with van der Waals surface area (Å²) in [6, 6.07) is 2.87. The first-order valence-electron chi connectivity index (χ1n) is 5.42. The Bertz CT molecular complexity index is 627. The van der Waals surface area contributed by atoms with Gasteiger partial charge in [-0.05, 0) is 13.0 Å². The highest BCUT2D eigenvalue weighted by atomic mass is 16.4. The van der Waals surface area contributed by atoms with E-state index in [1.165, 1.54) is 10.6 Å². The molecule has 2 aromatic heterocycles. The number of nitrogens with one attached hydrogen (secondary N) is 1. The van der Waals surface area contributed by atoms with E-state index in [1.807, 2.05) is 0 Å².